The summed E-state index contributed by atoms with van der Waals surface area (Å²) in [6.07, 6.45) is -0.578. The number of rotatable bonds is 4. The van der Waals surface area contributed by atoms with E-state index in [1.165, 1.54) is 18.3 Å². The molecule has 172 valence electrons. The first kappa shape index (κ1) is 23.8. The molecule has 0 bridgehead atoms. The second-order valence-electron chi connectivity index (χ2n) is 7.74. The Labute approximate surface area is 187 Å². The number of carbonyl (C=O) groups excluding carboxylic acids is 1. The number of fused-ring (bicyclic) bond motifs is 1. The third-order valence-corrected chi connectivity index (χ3v) is 5.59. The number of hydrogen-bond donors (Lipinski definition) is 3. The van der Waals surface area contributed by atoms with Crippen LogP contribution in [0.5, 0.6) is 0 Å². The lowest BCUT2D eigenvalue weighted by atomic mass is 9.91. The molecule has 1 aromatic carbocycles. The van der Waals surface area contributed by atoms with Crippen LogP contribution in [0.15, 0.2) is 36.5 Å². The predicted molar refractivity (Wildman–Crippen MR) is 116 cm³/mol. The minimum atomic E-state index is -4.71. The van der Waals surface area contributed by atoms with Gasteiger partial charge in [-0.1, -0.05) is 0 Å². The zero-order chi connectivity index (χ0) is 22.3. The smallest absolute Gasteiger partial charge is 0.381 e. The molecule has 4 rings (SSSR count). The molecule has 0 unspecified atom stereocenters. The highest BCUT2D eigenvalue weighted by atomic mass is 35.5. The van der Waals surface area contributed by atoms with Gasteiger partial charge in [0, 0.05) is 29.4 Å². The molecule has 2 heterocycles. The van der Waals surface area contributed by atoms with E-state index < -0.39 is 23.6 Å². The average molecular weight is 472 g/mol. The first-order valence-corrected chi connectivity index (χ1v) is 9.84. The fraction of sp³-hybridized carbons (Fsp3) is 0.333. The normalized spacial score (nSPS) is 18.9. The maximum atomic E-state index is 13.9. The summed E-state index contributed by atoms with van der Waals surface area (Å²) < 4.78 is 55.9. The summed E-state index contributed by atoms with van der Waals surface area (Å²) in [5, 5.41) is 3.32. The number of aromatic nitrogens is 2. The Morgan fingerprint density at radius 2 is 1.75 bits per heavy atom. The molecule has 0 saturated heterocycles. The zero-order valence-corrected chi connectivity index (χ0v) is 17.6. The van der Waals surface area contributed by atoms with Crippen molar-refractivity contribution >= 4 is 35.0 Å². The van der Waals surface area contributed by atoms with Gasteiger partial charge in [-0.25, -0.2) is 9.37 Å². The lowest BCUT2D eigenvalue weighted by molar-refractivity contribution is -0.142. The Bertz CT molecular complexity index is 1120. The highest BCUT2D eigenvalue weighted by Crippen LogP contribution is 2.39. The first-order chi connectivity index (χ1) is 14.6. The topological polar surface area (TPSA) is 99.0 Å². The van der Waals surface area contributed by atoms with Gasteiger partial charge in [0.25, 0.3) is 5.91 Å². The van der Waals surface area contributed by atoms with Gasteiger partial charge in [-0.2, -0.15) is 13.2 Å². The van der Waals surface area contributed by atoms with Crippen LogP contribution in [0.1, 0.15) is 41.7 Å². The van der Waals surface area contributed by atoms with Gasteiger partial charge in [0.15, 0.2) is 0 Å². The molecule has 1 aliphatic rings. The number of nitrogens with zero attached hydrogens (tertiary/aromatic N) is 2. The van der Waals surface area contributed by atoms with Crippen LogP contribution in [0.3, 0.4) is 0 Å². The molecule has 2 aromatic heterocycles. The number of anilines is 1. The van der Waals surface area contributed by atoms with Gasteiger partial charge in [-0.15, -0.1) is 12.4 Å². The summed E-state index contributed by atoms with van der Waals surface area (Å²) in [5.74, 6) is -1.37. The molecule has 3 aromatic rings. The van der Waals surface area contributed by atoms with Crippen molar-refractivity contribution in [1.29, 1.82) is 0 Å². The number of amides is 1. The largest absolute Gasteiger partial charge is 0.431 e. The van der Waals surface area contributed by atoms with Crippen molar-refractivity contribution in [1.82, 2.24) is 9.55 Å². The van der Waals surface area contributed by atoms with Crippen LogP contribution in [-0.2, 0) is 6.18 Å². The van der Waals surface area contributed by atoms with Gasteiger partial charge in [0.2, 0.25) is 0 Å². The van der Waals surface area contributed by atoms with Gasteiger partial charge in [-0.05, 0) is 56.0 Å². The predicted octanol–water partition coefficient (Wildman–Crippen LogP) is 4.39. The standard InChI is InChI=1S/C21H21F4N5O.ClH/c22-11-1-7-14(8-2-11)30-17(21(23,24)25)9-15-18(16(19(27)31)10-28-20(15)30)29-13-5-3-12(26)4-6-13;/h1-2,7-10,12-13H,3-6,26H2,(H2,27,31)(H,28,29);1H. The fourth-order valence-corrected chi connectivity index (χ4v) is 4.02. The van der Waals surface area contributed by atoms with Gasteiger partial charge < -0.3 is 16.8 Å². The molecule has 0 spiro atoms. The molecular weight excluding hydrogens is 450 g/mol. The molecule has 1 fully saturated rings. The van der Waals surface area contributed by atoms with Crippen LogP contribution in [-0.4, -0.2) is 27.5 Å². The molecule has 1 saturated carbocycles. The maximum Gasteiger partial charge on any atom is 0.431 e. The van der Waals surface area contributed by atoms with E-state index in [9.17, 15) is 22.4 Å². The number of halogens is 5. The number of hydrogen-bond acceptors (Lipinski definition) is 4. The van der Waals surface area contributed by atoms with Crippen LogP contribution in [0, 0.1) is 5.82 Å². The number of carbonyl (C=O) groups is 1. The Hall–Kier alpha value is -2.85. The minimum absolute atomic E-state index is 0. The summed E-state index contributed by atoms with van der Waals surface area (Å²) in [7, 11) is 0. The van der Waals surface area contributed by atoms with Gasteiger partial charge in [-0.3, -0.25) is 9.36 Å². The van der Waals surface area contributed by atoms with E-state index in [1.807, 2.05) is 0 Å². The number of nitrogens with two attached hydrogens (primary N) is 2. The van der Waals surface area contributed by atoms with Crippen LogP contribution in [0.2, 0.25) is 0 Å². The maximum absolute atomic E-state index is 13.9. The monoisotopic (exact) mass is 471 g/mol. The average Bonchev–Trinajstić information content (AvgIpc) is 3.11. The van der Waals surface area contributed by atoms with Gasteiger partial charge >= 0.3 is 6.18 Å². The SMILES string of the molecule is Cl.NC(=O)c1cnc2c(cc(C(F)(F)F)n2-c2ccc(F)cc2)c1NC1CCC(N)CC1. The summed E-state index contributed by atoms with van der Waals surface area (Å²) in [4.78, 5) is 16.1. The molecule has 0 aliphatic heterocycles. The Morgan fingerprint density at radius 1 is 1.12 bits per heavy atom. The van der Waals surface area contributed by atoms with Crippen molar-refractivity contribution in [2.75, 3.05) is 5.32 Å². The van der Waals surface area contributed by atoms with Crippen LogP contribution < -0.4 is 16.8 Å². The highest BCUT2D eigenvalue weighted by molar-refractivity contribution is 6.06. The number of pyridine rings is 1. The van der Waals surface area contributed by atoms with Crippen molar-refractivity contribution in [3.8, 4) is 5.69 Å². The van der Waals surface area contributed by atoms with E-state index in [0.717, 1.165) is 35.6 Å². The second-order valence-corrected chi connectivity index (χ2v) is 7.74. The molecule has 32 heavy (non-hydrogen) atoms. The zero-order valence-electron chi connectivity index (χ0n) is 16.8. The summed E-state index contributed by atoms with van der Waals surface area (Å²) in [6, 6.07) is 5.59. The third-order valence-electron chi connectivity index (χ3n) is 5.59. The lowest BCUT2D eigenvalue weighted by Crippen LogP contribution is -2.33. The number of benzene rings is 1. The van der Waals surface area contributed by atoms with Crippen molar-refractivity contribution in [3.05, 3.63) is 53.6 Å². The third kappa shape index (κ3) is 4.51. The van der Waals surface area contributed by atoms with Gasteiger partial charge in [0.05, 0.1) is 11.3 Å². The number of primary amides is 1. The number of alkyl halides is 3. The van der Waals surface area contributed by atoms with Crippen molar-refractivity contribution in [3.63, 3.8) is 0 Å². The van der Waals surface area contributed by atoms with Crippen molar-refractivity contribution in [2.45, 2.75) is 43.9 Å². The van der Waals surface area contributed by atoms with Crippen LogP contribution in [0.25, 0.3) is 16.7 Å². The molecule has 1 amide bonds. The summed E-state index contributed by atoms with van der Waals surface area (Å²) in [5.41, 5.74) is 10.7. The summed E-state index contributed by atoms with van der Waals surface area (Å²) >= 11 is 0. The lowest BCUT2D eigenvalue weighted by Gasteiger charge is -2.28. The summed E-state index contributed by atoms with van der Waals surface area (Å²) in [6.45, 7) is 0. The fourth-order valence-electron chi connectivity index (χ4n) is 4.02. The van der Waals surface area contributed by atoms with E-state index >= 15 is 0 Å². The second kappa shape index (κ2) is 8.95. The quantitative estimate of drug-likeness (QED) is 0.491. The highest BCUT2D eigenvalue weighted by Gasteiger charge is 2.37. The van der Waals surface area contributed by atoms with Crippen LogP contribution >= 0.6 is 12.4 Å². The molecular formula is C21H22ClF4N5O. The molecule has 1 aliphatic carbocycles. The van der Waals surface area contributed by atoms with E-state index in [4.69, 9.17) is 11.5 Å². The molecule has 5 N–H and O–H groups in total. The molecule has 11 heteroatoms. The van der Waals surface area contributed by atoms with E-state index in [0.29, 0.717) is 12.8 Å². The molecule has 0 radical (unpaired) electrons. The van der Waals surface area contributed by atoms with Crippen LogP contribution in [0.4, 0.5) is 23.2 Å². The Kier molecular flexibility index (Phi) is 6.66. The Morgan fingerprint density at radius 3 is 2.31 bits per heavy atom. The minimum Gasteiger partial charge on any atom is -0.381 e. The Balaban J connectivity index is 0.00000289. The van der Waals surface area contributed by atoms with Crippen molar-refractivity contribution in [2.24, 2.45) is 11.5 Å². The number of nitrogens with one attached hydrogen (secondary N) is 1. The van der Waals surface area contributed by atoms with E-state index in [2.05, 4.69) is 10.3 Å². The molecule has 0 atom stereocenters. The van der Waals surface area contributed by atoms with Crippen molar-refractivity contribution < 1.29 is 22.4 Å². The van der Waals surface area contributed by atoms with E-state index in [1.54, 1.807) is 0 Å². The van der Waals surface area contributed by atoms with Gasteiger partial charge in [0.1, 0.15) is 17.2 Å². The molecule has 6 nitrogen and oxygen atoms in total. The van der Waals surface area contributed by atoms with E-state index in [-0.39, 0.29) is 52.5 Å². The first-order valence-electron chi connectivity index (χ1n) is 9.84.